The molecule has 10 aromatic rings. The van der Waals surface area contributed by atoms with Crippen LogP contribution in [0.3, 0.4) is 0 Å². The van der Waals surface area contributed by atoms with Gasteiger partial charge < -0.3 is 0 Å². The monoisotopic (exact) mass is 713 g/mol. The van der Waals surface area contributed by atoms with E-state index < -0.39 is 0 Å². The quantitative estimate of drug-likeness (QED) is 0.154. The minimum atomic E-state index is 0.678. The summed E-state index contributed by atoms with van der Waals surface area (Å²) in [4.78, 5) is 15.8. The highest BCUT2D eigenvalue weighted by Gasteiger charge is 2.16. The van der Waals surface area contributed by atoms with Gasteiger partial charge in [-0.05, 0) is 80.6 Å². The molecular formula is C53H35N3. The first-order chi connectivity index (χ1) is 27.7. The van der Waals surface area contributed by atoms with E-state index in [0.29, 0.717) is 5.82 Å². The lowest BCUT2D eigenvalue weighted by molar-refractivity contribution is 1.18. The Balaban J connectivity index is 1.18. The van der Waals surface area contributed by atoms with Gasteiger partial charge in [-0.1, -0.05) is 176 Å². The molecule has 3 nitrogen and oxygen atoms in total. The van der Waals surface area contributed by atoms with Crippen LogP contribution in [0, 0.1) is 0 Å². The fourth-order valence-electron chi connectivity index (χ4n) is 7.65. The van der Waals surface area contributed by atoms with Crippen molar-refractivity contribution in [2.45, 2.75) is 0 Å². The van der Waals surface area contributed by atoms with Gasteiger partial charge in [0.1, 0.15) is 0 Å². The van der Waals surface area contributed by atoms with Gasteiger partial charge >= 0.3 is 0 Å². The van der Waals surface area contributed by atoms with E-state index in [-0.39, 0.29) is 0 Å². The van der Waals surface area contributed by atoms with Gasteiger partial charge in [-0.15, -0.1) is 0 Å². The largest absolute Gasteiger partial charge is 0.248 e. The molecule has 0 N–H and O–H groups in total. The van der Waals surface area contributed by atoms with E-state index in [4.69, 9.17) is 15.0 Å². The molecule has 10 rings (SSSR count). The van der Waals surface area contributed by atoms with Gasteiger partial charge in [0.25, 0.3) is 0 Å². The van der Waals surface area contributed by atoms with Crippen molar-refractivity contribution in [1.29, 1.82) is 0 Å². The summed E-state index contributed by atoms with van der Waals surface area (Å²) in [6, 6.07) is 74.5. The van der Waals surface area contributed by atoms with Crippen LogP contribution in [0.2, 0.25) is 0 Å². The van der Waals surface area contributed by atoms with E-state index >= 15 is 0 Å². The lowest BCUT2D eigenvalue weighted by Gasteiger charge is -2.15. The Labute approximate surface area is 326 Å². The summed E-state index contributed by atoms with van der Waals surface area (Å²) in [5, 5.41) is 3.40. The van der Waals surface area contributed by atoms with Crippen molar-refractivity contribution in [3.05, 3.63) is 212 Å². The number of aromatic nitrogens is 3. The maximum atomic E-state index is 5.31. The molecule has 0 aliphatic carbocycles. The smallest absolute Gasteiger partial charge is 0.160 e. The third kappa shape index (κ3) is 6.42. The van der Waals surface area contributed by atoms with Crippen molar-refractivity contribution >= 4 is 21.7 Å². The maximum absolute atomic E-state index is 5.31. The molecule has 0 saturated carbocycles. The van der Waals surface area contributed by atoms with E-state index in [2.05, 4.69) is 194 Å². The fraction of sp³-hybridized carbons (Fsp3) is 0. The second-order valence-corrected chi connectivity index (χ2v) is 14.0. The molecule has 8 aromatic carbocycles. The third-order valence-corrected chi connectivity index (χ3v) is 10.5. The molecule has 0 radical (unpaired) electrons. The van der Waals surface area contributed by atoms with E-state index in [1.165, 1.54) is 5.56 Å². The Morgan fingerprint density at radius 2 is 0.732 bits per heavy atom. The summed E-state index contributed by atoms with van der Waals surface area (Å²) in [6.45, 7) is 0. The highest BCUT2D eigenvalue weighted by atomic mass is 14.9. The minimum Gasteiger partial charge on any atom is -0.248 e. The molecule has 0 atom stereocenters. The zero-order chi connectivity index (χ0) is 37.3. The number of hydrogen-bond donors (Lipinski definition) is 0. The Bertz CT molecular complexity index is 2900. The first kappa shape index (κ1) is 33.1. The van der Waals surface area contributed by atoms with E-state index in [0.717, 1.165) is 88.8 Å². The average Bonchev–Trinajstić information content (AvgIpc) is 3.29. The highest BCUT2D eigenvalue weighted by molar-refractivity contribution is 6.14. The molecule has 0 amide bonds. The van der Waals surface area contributed by atoms with Crippen LogP contribution in [0.1, 0.15) is 0 Å². The lowest BCUT2D eigenvalue weighted by atomic mass is 9.93. The molecule has 2 heterocycles. The number of benzene rings is 8. The fourth-order valence-corrected chi connectivity index (χ4v) is 7.65. The number of pyridine rings is 1. The van der Waals surface area contributed by atoms with Gasteiger partial charge in [0.05, 0.1) is 22.6 Å². The van der Waals surface area contributed by atoms with Crippen LogP contribution in [0.15, 0.2) is 212 Å². The Morgan fingerprint density at radius 3 is 1.36 bits per heavy atom. The molecule has 56 heavy (non-hydrogen) atoms. The van der Waals surface area contributed by atoms with Crippen LogP contribution in [-0.4, -0.2) is 15.0 Å². The summed E-state index contributed by atoms with van der Waals surface area (Å²) in [5.41, 5.74) is 14.6. The predicted molar refractivity (Wildman–Crippen MR) is 233 cm³/mol. The molecule has 0 fully saturated rings. The lowest BCUT2D eigenvalue weighted by Crippen LogP contribution is -1.97. The Morgan fingerprint density at radius 1 is 0.268 bits per heavy atom. The normalized spacial score (nSPS) is 11.2. The molecular weight excluding hydrogens is 679 g/mol. The first-order valence-corrected chi connectivity index (χ1v) is 18.9. The summed E-state index contributed by atoms with van der Waals surface area (Å²) in [7, 11) is 0. The molecule has 0 bridgehead atoms. The summed E-state index contributed by atoms with van der Waals surface area (Å²) >= 11 is 0. The van der Waals surface area contributed by atoms with Gasteiger partial charge in [-0.2, -0.15) is 0 Å². The maximum Gasteiger partial charge on any atom is 0.160 e. The van der Waals surface area contributed by atoms with Gasteiger partial charge in [0.2, 0.25) is 0 Å². The first-order valence-electron chi connectivity index (χ1n) is 18.9. The predicted octanol–water partition coefficient (Wildman–Crippen LogP) is 13.8. The number of rotatable bonds is 7. The zero-order valence-electron chi connectivity index (χ0n) is 30.5. The molecule has 0 unspecified atom stereocenters. The number of hydrogen-bond acceptors (Lipinski definition) is 3. The third-order valence-electron chi connectivity index (χ3n) is 10.5. The van der Waals surface area contributed by atoms with Crippen molar-refractivity contribution in [1.82, 2.24) is 15.0 Å². The van der Waals surface area contributed by atoms with Crippen molar-refractivity contribution in [2.75, 3.05) is 0 Å². The van der Waals surface area contributed by atoms with Gasteiger partial charge in [0.15, 0.2) is 5.82 Å². The molecule has 0 saturated heterocycles. The molecule has 0 aliphatic rings. The van der Waals surface area contributed by atoms with E-state index in [9.17, 15) is 0 Å². The van der Waals surface area contributed by atoms with Crippen LogP contribution in [0.4, 0.5) is 0 Å². The van der Waals surface area contributed by atoms with Crippen LogP contribution in [0.25, 0.3) is 100 Å². The molecule has 3 heteroatoms. The van der Waals surface area contributed by atoms with Crippen LogP contribution < -0.4 is 0 Å². The van der Waals surface area contributed by atoms with Gasteiger partial charge in [-0.3, -0.25) is 0 Å². The van der Waals surface area contributed by atoms with E-state index in [1.54, 1.807) is 0 Å². The zero-order valence-corrected chi connectivity index (χ0v) is 30.5. The minimum absolute atomic E-state index is 0.678. The van der Waals surface area contributed by atoms with Crippen molar-refractivity contribution in [3.63, 3.8) is 0 Å². The van der Waals surface area contributed by atoms with Gasteiger partial charge in [0, 0.05) is 27.6 Å². The molecule has 0 spiro atoms. The second kappa shape index (κ2) is 14.4. The number of nitrogens with zero attached hydrogens (tertiary/aromatic N) is 3. The topological polar surface area (TPSA) is 38.7 Å². The summed E-state index contributed by atoms with van der Waals surface area (Å²) in [6.07, 6.45) is 0. The number of fused-ring (bicyclic) bond motifs is 3. The Hall–Kier alpha value is -7.49. The van der Waals surface area contributed by atoms with Crippen molar-refractivity contribution in [3.8, 4) is 78.5 Å². The summed E-state index contributed by atoms with van der Waals surface area (Å²) < 4.78 is 0. The summed E-state index contributed by atoms with van der Waals surface area (Å²) in [5.74, 6) is 0.678. The SMILES string of the molecule is c1ccc(-c2cccc(-c3cc(-c4ccc5ccc6nc(-c7ccccc7)cc(-c7ccccc7)c6c5c4)nc(-c4cccc(-c5ccccc5)c4)n3)c2)cc1. The standard InChI is InChI=1S/C53H35N3/c1-5-15-36(16-6-1)41-23-13-25-43(31-41)50-35-51(56-53(55-50)45-26-14-24-42(32-45)37-17-7-2-8-18-37)44-28-27-39-29-30-48-52(46(39)33-44)47(38-19-9-3-10-20-38)34-49(54-48)40-21-11-4-12-22-40/h1-35H. The van der Waals surface area contributed by atoms with Crippen molar-refractivity contribution < 1.29 is 0 Å². The van der Waals surface area contributed by atoms with Crippen LogP contribution >= 0.6 is 0 Å². The van der Waals surface area contributed by atoms with Crippen LogP contribution in [0.5, 0.6) is 0 Å². The highest BCUT2D eigenvalue weighted by Crippen LogP contribution is 2.39. The average molecular weight is 714 g/mol. The van der Waals surface area contributed by atoms with Crippen LogP contribution in [-0.2, 0) is 0 Å². The van der Waals surface area contributed by atoms with E-state index in [1.807, 2.05) is 18.2 Å². The van der Waals surface area contributed by atoms with Gasteiger partial charge in [-0.25, -0.2) is 15.0 Å². The Kier molecular flexibility index (Phi) is 8.51. The second-order valence-electron chi connectivity index (χ2n) is 14.0. The molecule has 262 valence electrons. The molecule has 0 aliphatic heterocycles. The van der Waals surface area contributed by atoms with Crippen molar-refractivity contribution in [2.24, 2.45) is 0 Å². The molecule has 2 aromatic heterocycles.